The van der Waals surface area contributed by atoms with Crippen molar-refractivity contribution in [2.45, 2.75) is 38.1 Å². The van der Waals surface area contributed by atoms with E-state index in [0.29, 0.717) is 0 Å². The molecule has 60 valence electrons. The zero-order chi connectivity index (χ0) is 7.45. The first-order valence-electron chi connectivity index (χ1n) is 4.13. The largest absolute Gasteiger partial charge is 0.380 e. The molecule has 0 aromatic carbocycles. The lowest BCUT2D eigenvalue weighted by atomic mass is 10.0. The van der Waals surface area contributed by atoms with Gasteiger partial charge < -0.3 is 10.5 Å². The van der Waals surface area contributed by atoms with Crippen molar-refractivity contribution < 1.29 is 4.74 Å². The van der Waals surface area contributed by atoms with Gasteiger partial charge in [0.2, 0.25) is 0 Å². The average molecular weight is 143 g/mol. The third-order valence-electron chi connectivity index (χ3n) is 2.19. The van der Waals surface area contributed by atoms with Gasteiger partial charge in [0.05, 0.1) is 6.61 Å². The summed E-state index contributed by atoms with van der Waals surface area (Å²) in [7, 11) is 0. The zero-order valence-electron chi connectivity index (χ0n) is 6.73. The zero-order valence-corrected chi connectivity index (χ0v) is 6.73. The van der Waals surface area contributed by atoms with Crippen LogP contribution in [0.4, 0.5) is 0 Å². The molecule has 0 bridgehead atoms. The van der Waals surface area contributed by atoms with Crippen LogP contribution in [0.25, 0.3) is 0 Å². The highest BCUT2D eigenvalue weighted by Gasteiger charge is 2.28. The van der Waals surface area contributed by atoms with Gasteiger partial charge in [-0.3, -0.25) is 0 Å². The molecule has 0 spiro atoms. The molecule has 2 N–H and O–H groups in total. The Hall–Kier alpha value is -0.0800. The van der Waals surface area contributed by atoms with E-state index in [2.05, 4.69) is 0 Å². The first kappa shape index (κ1) is 8.02. The highest BCUT2D eigenvalue weighted by molar-refractivity contribution is 4.88. The summed E-state index contributed by atoms with van der Waals surface area (Å²) in [6, 6.07) is 0. The van der Waals surface area contributed by atoms with Crippen molar-refractivity contribution in [1.29, 1.82) is 0 Å². The van der Waals surface area contributed by atoms with E-state index in [4.69, 9.17) is 10.5 Å². The lowest BCUT2D eigenvalue weighted by Crippen LogP contribution is -2.41. The maximum atomic E-state index is 6.02. The summed E-state index contributed by atoms with van der Waals surface area (Å²) < 4.78 is 5.30. The normalized spacial score (nSPS) is 23.4. The number of rotatable bonds is 3. The molecular weight excluding hydrogens is 126 g/mol. The van der Waals surface area contributed by atoms with Gasteiger partial charge in [0.25, 0.3) is 0 Å². The second-order valence-corrected chi connectivity index (χ2v) is 3.21. The second-order valence-electron chi connectivity index (χ2n) is 3.21. The van der Waals surface area contributed by atoms with Crippen molar-refractivity contribution in [2.75, 3.05) is 13.2 Å². The molecule has 1 saturated carbocycles. The number of ether oxygens (including phenoxy) is 1. The fourth-order valence-electron chi connectivity index (χ4n) is 1.53. The summed E-state index contributed by atoms with van der Waals surface area (Å²) >= 11 is 0. The van der Waals surface area contributed by atoms with Crippen LogP contribution < -0.4 is 5.73 Å². The highest BCUT2D eigenvalue weighted by Crippen LogP contribution is 2.26. The van der Waals surface area contributed by atoms with Gasteiger partial charge in [0.15, 0.2) is 0 Å². The predicted molar refractivity (Wildman–Crippen MR) is 41.9 cm³/mol. The van der Waals surface area contributed by atoms with Gasteiger partial charge in [-0.1, -0.05) is 12.8 Å². The molecular formula is C8H17NO. The summed E-state index contributed by atoms with van der Waals surface area (Å²) in [5.41, 5.74) is 6.04. The van der Waals surface area contributed by atoms with Crippen molar-refractivity contribution in [2.24, 2.45) is 5.73 Å². The van der Waals surface area contributed by atoms with E-state index < -0.39 is 0 Å². The van der Waals surface area contributed by atoms with Gasteiger partial charge in [-0.25, -0.2) is 0 Å². The lowest BCUT2D eigenvalue weighted by Gasteiger charge is -2.22. The smallest absolute Gasteiger partial charge is 0.0646 e. The van der Waals surface area contributed by atoms with E-state index in [0.717, 1.165) is 26.1 Å². The van der Waals surface area contributed by atoms with Gasteiger partial charge in [-0.2, -0.15) is 0 Å². The third-order valence-corrected chi connectivity index (χ3v) is 2.19. The van der Waals surface area contributed by atoms with Crippen molar-refractivity contribution in [1.82, 2.24) is 0 Å². The average Bonchev–Trinajstić information content (AvgIpc) is 2.33. The van der Waals surface area contributed by atoms with Crippen LogP contribution in [0.2, 0.25) is 0 Å². The van der Waals surface area contributed by atoms with Crippen LogP contribution >= 0.6 is 0 Å². The first-order chi connectivity index (χ1) is 4.77. The second kappa shape index (κ2) is 3.35. The minimum absolute atomic E-state index is 0.0238. The van der Waals surface area contributed by atoms with E-state index in [1.165, 1.54) is 12.8 Å². The fraction of sp³-hybridized carbons (Fsp3) is 1.00. The fourth-order valence-corrected chi connectivity index (χ4v) is 1.53. The van der Waals surface area contributed by atoms with Gasteiger partial charge in [-0.05, 0) is 19.8 Å². The number of nitrogens with two attached hydrogens (primary N) is 1. The van der Waals surface area contributed by atoms with Crippen molar-refractivity contribution in [3.05, 3.63) is 0 Å². The molecule has 2 heteroatoms. The Kier molecular flexibility index (Phi) is 2.69. The van der Waals surface area contributed by atoms with E-state index >= 15 is 0 Å². The van der Waals surface area contributed by atoms with Crippen molar-refractivity contribution >= 4 is 0 Å². The van der Waals surface area contributed by atoms with Crippen LogP contribution in [-0.4, -0.2) is 18.8 Å². The summed E-state index contributed by atoms with van der Waals surface area (Å²) in [6.45, 7) is 3.56. The van der Waals surface area contributed by atoms with Crippen LogP contribution in [0.15, 0.2) is 0 Å². The molecule has 0 aromatic rings. The lowest BCUT2D eigenvalue weighted by molar-refractivity contribution is 0.0967. The summed E-state index contributed by atoms with van der Waals surface area (Å²) in [5.74, 6) is 0. The topological polar surface area (TPSA) is 35.2 Å². The van der Waals surface area contributed by atoms with E-state index in [-0.39, 0.29) is 5.54 Å². The summed E-state index contributed by atoms with van der Waals surface area (Å²) in [6.07, 6.45) is 4.85. The van der Waals surface area contributed by atoms with Crippen LogP contribution in [0.1, 0.15) is 32.6 Å². The van der Waals surface area contributed by atoms with Crippen LogP contribution in [0.5, 0.6) is 0 Å². The Morgan fingerprint density at radius 1 is 1.40 bits per heavy atom. The SMILES string of the molecule is CCOCC1(N)CCCC1. The molecule has 1 aliphatic carbocycles. The number of hydrogen-bond donors (Lipinski definition) is 1. The summed E-state index contributed by atoms with van der Waals surface area (Å²) in [4.78, 5) is 0. The maximum absolute atomic E-state index is 6.02. The number of hydrogen-bond acceptors (Lipinski definition) is 2. The standard InChI is InChI=1S/C8H17NO/c1-2-10-7-8(9)5-3-4-6-8/h2-7,9H2,1H3. The van der Waals surface area contributed by atoms with Crippen LogP contribution in [0, 0.1) is 0 Å². The van der Waals surface area contributed by atoms with E-state index in [1.54, 1.807) is 0 Å². The Morgan fingerprint density at radius 3 is 2.50 bits per heavy atom. The molecule has 0 heterocycles. The Balaban J connectivity index is 2.22. The van der Waals surface area contributed by atoms with Gasteiger partial charge in [0.1, 0.15) is 0 Å². The first-order valence-corrected chi connectivity index (χ1v) is 4.13. The highest BCUT2D eigenvalue weighted by atomic mass is 16.5. The Bertz CT molecular complexity index is 97.4. The predicted octanol–water partition coefficient (Wildman–Crippen LogP) is 1.29. The molecule has 1 aliphatic rings. The monoisotopic (exact) mass is 143 g/mol. The third kappa shape index (κ3) is 1.96. The molecule has 0 aromatic heterocycles. The van der Waals surface area contributed by atoms with Crippen molar-refractivity contribution in [3.8, 4) is 0 Å². The van der Waals surface area contributed by atoms with Gasteiger partial charge in [0, 0.05) is 12.1 Å². The quantitative estimate of drug-likeness (QED) is 0.646. The molecule has 0 radical (unpaired) electrons. The molecule has 0 atom stereocenters. The molecule has 2 nitrogen and oxygen atoms in total. The van der Waals surface area contributed by atoms with Gasteiger partial charge >= 0.3 is 0 Å². The van der Waals surface area contributed by atoms with E-state index in [1.807, 2.05) is 6.92 Å². The van der Waals surface area contributed by atoms with Crippen LogP contribution in [-0.2, 0) is 4.74 Å². The Labute approximate surface area is 62.7 Å². The maximum Gasteiger partial charge on any atom is 0.0646 e. The molecule has 1 fully saturated rings. The molecule has 1 rings (SSSR count). The minimum Gasteiger partial charge on any atom is -0.380 e. The van der Waals surface area contributed by atoms with E-state index in [9.17, 15) is 0 Å². The molecule has 0 saturated heterocycles. The molecule has 10 heavy (non-hydrogen) atoms. The molecule has 0 unspecified atom stereocenters. The Morgan fingerprint density at radius 2 is 2.00 bits per heavy atom. The summed E-state index contributed by atoms with van der Waals surface area (Å²) in [5, 5.41) is 0. The van der Waals surface area contributed by atoms with Crippen LogP contribution in [0.3, 0.4) is 0 Å². The van der Waals surface area contributed by atoms with Gasteiger partial charge in [-0.15, -0.1) is 0 Å². The minimum atomic E-state index is 0.0238. The van der Waals surface area contributed by atoms with Crippen molar-refractivity contribution in [3.63, 3.8) is 0 Å². The molecule has 0 amide bonds. The molecule has 0 aliphatic heterocycles.